The Balaban J connectivity index is 1.83. The first-order valence-corrected chi connectivity index (χ1v) is 6.70. The largest absolute Gasteiger partial charge is 0.395 e. The summed E-state index contributed by atoms with van der Waals surface area (Å²) in [7, 11) is 0. The molecule has 1 aromatic rings. The van der Waals surface area contributed by atoms with Gasteiger partial charge in [0.15, 0.2) is 0 Å². The topological polar surface area (TPSA) is 32.7 Å². The molecular formula is C12H19NO2S. The van der Waals surface area contributed by atoms with Crippen LogP contribution in [0.25, 0.3) is 0 Å². The van der Waals surface area contributed by atoms with Crippen LogP contribution in [0.2, 0.25) is 0 Å². The second-order valence-corrected chi connectivity index (χ2v) is 5.30. The van der Waals surface area contributed by atoms with Crippen molar-refractivity contribution in [2.45, 2.75) is 13.0 Å². The molecule has 3 nitrogen and oxygen atoms in total. The van der Waals surface area contributed by atoms with E-state index in [9.17, 15) is 0 Å². The molecule has 1 fully saturated rings. The Kier molecular flexibility index (Phi) is 4.78. The highest BCUT2D eigenvalue weighted by Gasteiger charge is 2.19. The summed E-state index contributed by atoms with van der Waals surface area (Å²) in [6.45, 7) is 4.77. The van der Waals surface area contributed by atoms with E-state index in [0.29, 0.717) is 5.92 Å². The van der Waals surface area contributed by atoms with Crippen molar-refractivity contribution in [1.29, 1.82) is 0 Å². The fraction of sp³-hybridized carbons (Fsp3) is 0.667. The third kappa shape index (κ3) is 3.56. The number of thiophene rings is 1. The zero-order valence-corrected chi connectivity index (χ0v) is 10.3. The quantitative estimate of drug-likeness (QED) is 0.821. The molecular weight excluding hydrogens is 222 g/mol. The number of ether oxygens (including phenoxy) is 1. The summed E-state index contributed by atoms with van der Waals surface area (Å²) in [6.07, 6.45) is 1.16. The van der Waals surface area contributed by atoms with Crippen molar-refractivity contribution in [2.24, 2.45) is 5.92 Å². The van der Waals surface area contributed by atoms with Crippen molar-refractivity contribution in [3.8, 4) is 0 Å². The van der Waals surface area contributed by atoms with E-state index >= 15 is 0 Å². The van der Waals surface area contributed by atoms with E-state index in [4.69, 9.17) is 9.84 Å². The number of hydrogen-bond donors (Lipinski definition) is 1. The maximum Gasteiger partial charge on any atom is 0.0558 e. The van der Waals surface area contributed by atoms with E-state index in [1.165, 1.54) is 4.88 Å². The molecule has 0 unspecified atom stereocenters. The Morgan fingerprint density at radius 1 is 1.56 bits per heavy atom. The molecule has 90 valence electrons. The monoisotopic (exact) mass is 241 g/mol. The van der Waals surface area contributed by atoms with Crippen LogP contribution in [-0.2, 0) is 11.3 Å². The Labute approximate surface area is 101 Å². The van der Waals surface area contributed by atoms with Crippen LogP contribution < -0.4 is 0 Å². The van der Waals surface area contributed by atoms with E-state index in [1.807, 2.05) is 0 Å². The third-order valence-corrected chi connectivity index (χ3v) is 3.78. The van der Waals surface area contributed by atoms with Gasteiger partial charge in [0.05, 0.1) is 13.2 Å². The van der Waals surface area contributed by atoms with Crippen molar-refractivity contribution in [2.75, 3.05) is 32.9 Å². The zero-order valence-electron chi connectivity index (χ0n) is 9.47. The lowest BCUT2D eigenvalue weighted by molar-refractivity contribution is 0.148. The van der Waals surface area contributed by atoms with Crippen LogP contribution in [0.15, 0.2) is 17.5 Å². The minimum Gasteiger partial charge on any atom is -0.395 e. The van der Waals surface area contributed by atoms with Gasteiger partial charge in [-0.3, -0.25) is 4.90 Å². The minimum absolute atomic E-state index is 0.235. The summed E-state index contributed by atoms with van der Waals surface area (Å²) in [5.74, 6) is 0.645. The van der Waals surface area contributed by atoms with Gasteiger partial charge in [0.2, 0.25) is 0 Å². The van der Waals surface area contributed by atoms with E-state index < -0.39 is 0 Å². The molecule has 1 aromatic heterocycles. The molecule has 1 saturated heterocycles. The van der Waals surface area contributed by atoms with E-state index in [-0.39, 0.29) is 6.61 Å². The lowest BCUT2D eigenvalue weighted by atomic mass is 10.1. The molecule has 1 aliphatic heterocycles. The number of aliphatic hydroxyl groups excluding tert-OH is 1. The van der Waals surface area contributed by atoms with Gasteiger partial charge in [-0.2, -0.15) is 0 Å². The molecule has 0 aliphatic carbocycles. The van der Waals surface area contributed by atoms with Crippen LogP contribution >= 0.6 is 11.3 Å². The number of nitrogens with zero attached hydrogens (tertiary/aromatic N) is 1. The van der Waals surface area contributed by atoms with Crippen LogP contribution in [0, 0.1) is 5.92 Å². The highest BCUT2D eigenvalue weighted by Crippen LogP contribution is 2.17. The average Bonchev–Trinajstić information content (AvgIpc) is 2.91. The highest BCUT2D eigenvalue weighted by molar-refractivity contribution is 7.09. The fourth-order valence-electron chi connectivity index (χ4n) is 2.09. The first-order chi connectivity index (χ1) is 7.88. The molecule has 0 saturated carbocycles. The summed E-state index contributed by atoms with van der Waals surface area (Å²) in [6, 6.07) is 4.23. The van der Waals surface area contributed by atoms with Crippen molar-refractivity contribution >= 4 is 11.3 Å². The Morgan fingerprint density at radius 3 is 3.12 bits per heavy atom. The van der Waals surface area contributed by atoms with Crippen LogP contribution in [0.5, 0.6) is 0 Å². The molecule has 0 aromatic carbocycles. The van der Waals surface area contributed by atoms with Gasteiger partial charge in [-0.25, -0.2) is 0 Å². The van der Waals surface area contributed by atoms with Gasteiger partial charge >= 0.3 is 0 Å². The molecule has 4 heteroatoms. The fourth-order valence-corrected chi connectivity index (χ4v) is 2.84. The standard InChI is InChI=1S/C12H19NO2S/c14-5-4-13(8-11-3-6-15-10-11)9-12-2-1-7-16-12/h1-2,7,11,14H,3-6,8-10H2/t11-/m1/s1. The molecule has 0 spiro atoms. The predicted molar refractivity (Wildman–Crippen MR) is 65.6 cm³/mol. The van der Waals surface area contributed by atoms with E-state index in [0.717, 1.165) is 39.3 Å². The molecule has 1 aliphatic rings. The van der Waals surface area contributed by atoms with Crippen LogP contribution in [-0.4, -0.2) is 42.9 Å². The third-order valence-electron chi connectivity index (χ3n) is 2.92. The minimum atomic E-state index is 0.235. The second kappa shape index (κ2) is 6.35. The molecule has 0 radical (unpaired) electrons. The number of hydrogen-bond acceptors (Lipinski definition) is 4. The summed E-state index contributed by atoms with van der Waals surface area (Å²) in [5.41, 5.74) is 0. The van der Waals surface area contributed by atoms with Gasteiger partial charge in [0, 0.05) is 31.1 Å². The first kappa shape index (κ1) is 12.0. The summed E-state index contributed by atoms with van der Waals surface area (Å²) in [5, 5.41) is 11.2. The maximum absolute atomic E-state index is 9.07. The van der Waals surface area contributed by atoms with Gasteiger partial charge in [0.1, 0.15) is 0 Å². The molecule has 16 heavy (non-hydrogen) atoms. The average molecular weight is 241 g/mol. The van der Waals surface area contributed by atoms with E-state index in [1.54, 1.807) is 11.3 Å². The highest BCUT2D eigenvalue weighted by atomic mass is 32.1. The SMILES string of the molecule is OCCN(Cc1cccs1)C[C@H]1CCOC1. The lowest BCUT2D eigenvalue weighted by Crippen LogP contribution is -2.31. The van der Waals surface area contributed by atoms with Crippen LogP contribution in [0.4, 0.5) is 0 Å². The van der Waals surface area contributed by atoms with Crippen molar-refractivity contribution in [3.63, 3.8) is 0 Å². The number of rotatable bonds is 6. The second-order valence-electron chi connectivity index (χ2n) is 4.27. The maximum atomic E-state index is 9.07. The molecule has 1 N–H and O–H groups in total. The smallest absolute Gasteiger partial charge is 0.0558 e. The van der Waals surface area contributed by atoms with Gasteiger partial charge in [-0.05, 0) is 23.8 Å². The molecule has 0 amide bonds. The first-order valence-electron chi connectivity index (χ1n) is 5.82. The van der Waals surface area contributed by atoms with Crippen molar-refractivity contribution in [3.05, 3.63) is 22.4 Å². The molecule has 2 heterocycles. The van der Waals surface area contributed by atoms with Crippen LogP contribution in [0.3, 0.4) is 0 Å². The van der Waals surface area contributed by atoms with Gasteiger partial charge < -0.3 is 9.84 Å². The summed E-state index contributed by atoms with van der Waals surface area (Å²) in [4.78, 5) is 3.69. The van der Waals surface area contributed by atoms with Gasteiger partial charge in [-0.1, -0.05) is 6.07 Å². The Hall–Kier alpha value is -0.420. The van der Waals surface area contributed by atoms with Crippen LogP contribution in [0.1, 0.15) is 11.3 Å². The predicted octanol–water partition coefficient (Wildman–Crippen LogP) is 1.58. The van der Waals surface area contributed by atoms with Gasteiger partial charge in [0.25, 0.3) is 0 Å². The number of aliphatic hydroxyl groups is 1. The Morgan fingerprint density at radius 2 is 2.50 bits per heavy atom. The summed E-state index contributed by atoms with van der Waals surface area (Å²) < 4.78 is 5.38. The normalized spacial score (nSPS) is 20.8. The van der Waals surface area contributed by atoms with E-state index in [2.05, 4.69) is 22.4 Å². The lowest BCUT2D eigenvalue weighted by Gasteiger charge is -2.23. The summed E-state index contributed by atoms with van der Waals surface area (Å²) >= 11 is 1.78. The van der Waals surface area contributed by atoms with Crippen molar-refractivity contribution < 1.29 is 9.84 Å². The molecule has 0 bridgehead atoms. The molecule has 2 rings (SSSR count). The van der Waals surface area contributed by atoms with Gasteiger partial charge in [-0.15, -0.1) is 11.3 Å². The van der Waals surface area contributed by atoms with Crippen molar-refractivity contribution in [1.82, 2.24) is 4.90 Å². The Bertz CT molecular complexity index is 283. The molecule has 1 atom stereocenters. The zero-order chi connectivity index (χ0) is 11.2.